The van der Waals surface area contributed by atoms with Gasteiger partial charge in [-0.2, -0.15) is 12.7 Å². The molecule has 19 heavy (non-hydrogen) atoms. The van der Waals surface area contributed by atoms with Crippen LogP contribution >= 0.6 is 0 Å². The average Bonchev–Trinajstić information content (AvgIpc) is 2.42. The van der Waals surface area contributed by atoms with Gasteiger partial charge in [0.25, 0.3) is 0 Å². The van der Waals surface area contributed by atoms with Crippen LogP contribution < -0.4 is 4.72 Å². The van der Waals surface area contributed by atoms with Crippen molar-refractivity contribution in [2.24, 2.45) is 0 Å². The molecule has 0 amide bonds. The van der Waals surface area contributed by atoms with E-state index in [1.54, 1.807) is 12.1 Å². The van der Waals surface area contributed by atoms with Crippen LogP contribution in [-0.4, -0.2) is 44.1 Å². The van der Waals surface area contributed by atoms with Crippen molar-refractivity contribution in [3.05, 3.63) is 23.8 Å². The van der Waals surface area contributed by atoms with E-state index in [4.69, 9.17) is 4.74 Å². The Hall–Kier alpha value is -1.31. The standard InChI is InChI=1S/C12H18N2O4S/c1-2-10-3-4-12(15)11(9-10)13-19(16,17)14-5-7-18-8-6-14/h3-4,9,13,15H,2,5-8H2,1H3. The zero-order valence-electron chi connectivity index (χ0n) is 10.8. The van der Waals surface area contributed by atoms with Gasteiger partial charge in [-0.3, -0.25) is 4.72 Å². The van der Waals surface area contributed by atoms with E-state index in [0.717, 1.165) is 12.0 Å². The molecule has 2 N–H and O–H groups in total. The maximum absolute atomic E-state index is 12.2. The summed E-state index contributed by atoms with van der Waals surface area (Å²) in [5, 5.41) is 9.72. The molecule has 1 saturated heterocycles. The Bertz CT molecular complexity index is 539. The van der Waals surface area contributed by atoms with Crippen molar-refractivity contribution in [1.29, 1.82) is 0 Å². The van der Waals surface area contributed by atoms with E-state index in [9.17, 15) is 13.5 Å². The number of morpholine rings is 1. The fourth-order valence-corrected chi connectivity index (χ4v) is 3.08. The van der Waals surface area contributed by atoms with Crippen molar-refractivity contribution in [2.75, 3.05) is 31.0 Å². The van der Waals surface area contributed by atoms with Crippen molar-refractivity contribution in [1.82, 2.24) is 4.31 Å². The molecular weight excluding hydrogens is 268 g/mol. The van der Waals surface area contributed by atoms with Gasteiger partial charge in [0.05, 0.1) is 18.9 Å². The van der Waals surface area contributed by atoms with Crippen LogP contribution in [0.4, 0.5) is 5.69 Å². The maximum Gasteiger partial charge on any atom is 0.301 e. The third-order valence-electron chi connectivity index (χ3n) is 3.02. The lowest BCUT2D eigenvalue weighted by molar-refractivity contribution is 0.0733. The summed E-state index contributed by atoms with van der Waals surface area (Å²) in [4.78, 5) is 0. The molecule has 1 aromatic carbocycles. The van der Waals surface area contributed by atoms with Crippen molar-refractivity contribution in [3.63, 3.8) is 0 Å². The first-order valence-electron chi connectivity index (χ1n) is 6.20. The third-order valence-corrected chi connectivity index (χ3v) is 4.54. The topological polar surface area (TPSA) is 78.9 Å². The second-order valence-electron chi connectivity index (χ2n) is 4.32. The Labute approximate surface area is 113 Å². The highest BCUT2D eigenvalue weighted by molar-refractivity contribution is 7.90. The van der Waals surface area contributed by atoms with Gasteiger partial charge >= 0.3 is 10.2 Å². The predicted molar refractivity (Wildman–Crippen MR) is 72.4 cm³/mol. The highest BCUT2D eigenvalue weighted by Crippen LogP contribution is 2.26. The summed E-state index contributed by atoms with van der Waals surface area (Å²) in [6.45, 7) is 3.39. The largest absolute Gasteiger partial charge is 0.506 e. The Morgan fingerprint density at radius 3 is 2.68 bits per heavy atom. The first-order chi connectivity index (χ1) is 9.03. The van der Waals surface area contributed by atoms with Gasteiger partial charge in [-0.05, 0) is 24.1 Å². The molecule has 1 heterocycles. The molecule has 0 atom stereocenters. The molecule has 1 aromatic rings. The molecule has 0 saturated carbocycles. The molecule has 0 spiro atoms. The Balaban J connectivity index is 2.19. The summed E-state index contributed by atoms with van der Waals surface area (Å²) in [6, 6.07) is 4.91. The lowest BCUT2D eigenvalue weighted by atomic mass is 10.1. The fraction of sp³-hybridized carbons (Fsp3) is 0.500. The van der Waals surface area contributed by atoms with Crippen LogP contribution in [0.1, 0.15) is 12.5 Å². The lowest BCUT2D eigenvalue weighted by Crippen LogP contribution is -2.43. The average molecular weight is 286 g/mol. The number of benzene rings is 1. The Morgan fingerprint density at radius 2 is 2.05 bits per heavy atom. The van der Waals surface area contributed by atoms with Gasteiger partial charge in [-0.15, -0.1) is 0 Å². The van der Waals surface area contributed by atoms with E-state index < -0.39 is 10.2 Å². The SMILES string of the molecule is CCc1ccc(O)c(NS(=O)(=O)N2CCOCC2)c1. The minimum atomic E-state index is -3.64. The van der Waals surface area contributed by atoms with Gasteiger partial charge in [0.15, 0.2) is 0 Å². The fourth-order valence-electron chi connectivity index (χ4n) is 1.88. The van der Waals surface area contributed by atoms with Crippen LogP contribution in [0.5, 0.6) is 5.75 Å². The van der Waals surface area contributed by atoms with Crippen molar-refractivity contribution in [3.8, 4) is 5.75 Å². The molecule has 1 aliphatic rings. The molecule has 0 aliphatic carbocycles. The zero-order chi connectivity index (χ0) is 13.9. The molecular formula is C12H18N2O4S. The number of aryl methyl sites for hydroxylation is 1. The number of anilines is 1. The lowest BCUT2D eigenvalue weighted by Gasteiger charge is -2.26. The highest BCUT2D eigenvalue weighted by atomic mass is 32.2. The summed E-state index contributed by atoms with van der Waals surface area (Å²) < 4.78 is 33.2. The van der Waals surface area contributed by atoms with Gasteiger partial charge in [-0.1, -0.05) is 13.0 Å². The third kappa shape index (κ3) is 3.37. The van der Waals surface area contributed by atoms with Gasteiger partial charge in [0, 0.05) is 13.1 Å². The summed E-state index contributed by atoms with van der Waals surface area (Å²) in [7, 11) is -3.64. The van der Waals surface area contributed by atoms with E-state index >= 15 is 0 Å². The number of nitrogens with zero attached hydrogens (tertiary/aromatic N) is 1. The second-order valence-corrected chi connectivity index (χ2v) is 5.99. The van der Waals surface area contributed by atoms with Crippen LogP contribution in [0.25, 0.3) is 0 Å². The summed E-state index contributed by atoms with van der Waals surface area (Å²) >= 11 is 0. The van der Waals surface area contributed by atoms with Crippen LogP contribution in [0.3, 0.4) is 0 Å². The zero-order valence-corrected chi connectivity index (χ0v) is 11.6. The molecule has 0 unspecified atom stereocenters. The maximum atomic E-state index is 12.2. The van der Waals surface area contributed by atoms with Gasteiger partial charge in [-0.25, -0.2) is 0 Å². The van der Waals surface area contributed by atoms with Crippen LogP contribution in [0.15, 0.2) is 18.2 Å². The molecule has 0 bridgehead atoms. The summed E-state index contributed by atoms with van der Waals surface area (Å²) in [6.07, 6.45) is 0.770. The number of nitrogens with one attached hydrogen (secondary N) is 1. The number of rotatable bonds is 4. The monoisotopic (exact) mass is 286 g/mol. The normalized spacial score (nSPS) is 17.3. The molecule has 2 rings (SSSR count). The second kappa shape index (κ2) is 5.77. The van der Waals surface area contributed by atoms with Gasteiger partial charge < -0.3 is 9.84 Å². The van der Waals surface area contributed by atoms with E-state index in [0.29, 0.717) is 26.3 Å². The minimum absolute atomic E-state index is 0.0750. The molecule has 6 nitrogen and oxygen atoms in total. The predicted octanol–water partition coefficient (Wildman–Crippen LogP) is 0.944. The number of hydrogen-bond donors (Lipinski definition) is 2. The molecule has 0 aromatic heterocycles. The number of ether oxygens (including phenoxy) is 1. The first kappa shape index (κ1) is 14.1. The smallest absolute Gasteiger partial charge is 0.301 e. The number of aromatic hydroxyl groups is 1. The number of phenols is 1. The van der Waals surface area contributed by atoms with Crippen molar-refractivity contribution >= 4 is 15.9 Å². The van der Waals surface area contributed by atoms with E-state index in [1.807, 2.05) is 6.92 Å². The number of phenolic OH excluding ortho intramolecular Hbond substituents is 1. The van der Waals surface area contributed by atoms with E-state index in [1.165, 1.54) is 10.4 Å². The van der Waals surface area contributed by atoms with E-state index in [-0.39, 0.29) is 11.4 Å². The quantitative estimate of drug-likeness (QED) is 0.808. The van der Waals surface area contributed by atoms with Crippen LogP contribution in [-0.2, 0) is 21.4 Å². The molecule has 7 heteroatoms. The molecule has 0 radical (unpaired) electrons. The van der Waals surface area contributed by atoms with Gasteiger partial charge in [0.1, 0.15) is 5.75 Å². The van der Waals surface area contributed by atoms with Crippen LogP contribution in [0.2, 0.25) is 0 Å². The van der Waals surface area contributed by atoms with Crippen molar-refractivity contribution < 1.29 is 18.3 Å². The first-order valence-corrected chi connectivity index (χ1v) is 7.64. The van der Waals surface area contributed by atoms with Gasteiger partial charge in [0.2, 0.25) is 0 Å². The minimum Gasteiger partial charge on any atom is -0.506 e. The molecule has 1 fully saturated rings. The summed E-state index contributed by atoms with van der Waals surface area (Å²) in [5.74, 6) is -0.0750. The molecule has 106 valence electrons. The van der Waals surface area contributed by atoms with E-state index in [2.05, 4.69) is 4.72 Å². The molecule has 1 aliphatic heterocycles. The van der Waals surface area contributed by atoms with Crippen molar-refractivity contribution in [2.45, 2.75) is 13.3 Å². The Kier molecular flexibility index (Phi) is 4.28. The highest BCUT2D eigenvalue weighted by Gasteiger charge is 2.24. The van der Waals surface area contributed by atoms with Crippen LogP contribution in [0, 0.1) is 0 Å². The Morgan fingerprint density at radius 1 is 1.37 bits per heavy atom. The number of hydrogen-bond acceptors (Lipinski definition) is 4. The summed E-state index contributed by atoms with van der Waals surface area (Å²) in [5.41, 5.74) is 1.17.